The summed E-state index contributed by atoms with van der Waals surface area (Å²) in [6.07, 6.45) is 0. The fourth-order valence-electron chi connectivity index (χ4n) is 0.976. The fraction of sp³-hybridized carbons (Fsp3) is 1.00. The third-order valence-corrected chi connectivity index (χ3v) is 2.83. The topological polar surface area (TPSA) is 29.3 Å². The van der Waals surface area contributed by atoms with E-state index in [0.29, 0.717) is 10.9 Å². The maximum atomic E-state index is 5.74. The van der Waals surface area contributed by atoms with Gasteiger partial charge in [0.25, 0.3) is 0 Å². The molecule has 0 aromatic rings. The first kappa shape index (κ1) is 8.37. The molecule has 1 atom stereocenters. The van der Waals surface area contributed by atoms with Crippen molar-refractivity contribution in [3.63, 3.8) is 0 Å². The monoisotopic (exact) mass is 160 g/mol. The van der Waals surface area contributed by atoms with Crippen molar-refractivity contribution in [1.82, 2.24) is 4.90 Å². The second-order valence-corrected chi connectivity index (χ2v) is 4.92. The summed E-state index contributed by atoms with van der Waals surface area (Å²) in [4.78, 5) is 2.41. The number of nitrogens with zero attached hydrogens (tertiary/aromatic N) is 1. The zero-order valence-electron chi connectivity index (χ0n) is 6.92. The van der Waals surface area contributed by atoms with E-state index in [-0.39, 0.29) is 0 Å². The molecule has 0 aromatic heterocycles. The van der Waals surface area contributed by atoms with Crippen molar-refractivity contribution in [3.05, 3.63) is 0 Å². The molecular weight excluding hydrogens is 144 g/mol. The Balaban J connectivity index is 2.45. The van der Waals surface area contributed by atoms with E-state index in [1.165, 1.54) is 0 Å². The summed E-state index contributed by atoms with van der Waals surface area (Å²) in [6, 6.07) is 0. The van der Waals surface area contributed by atoms with Crippen LogP contribution in [0.3, 0.4) is 0 Å². The summed E-state index contributed by atoms with van der Waals surface area (Å²) < 4.78 is 0. The maximum absolute atomic E-state index is 5.74. The lowest BCUT2D eigenvalue weighted by atomic mass is 10.1. The first-order valence-electron chi connectivity index (χ1n) is 3.62. The van der Waals surface area contributed by atoms with Gasteiger partial charge in [-0.2, -0.15) is 0 Å². The molecule has 0 aliphatic carbocycles. The molecule has 3 heteroatoms. The first-order valence-corrected chi connectivity index (χ1v) is 4.67. The van der Waals surface area contributed by atoms with Crippen LogP contribution in [0, 0.1) is 0 Å². The molecular formula is C7H16N2S. The van der Waals surface area contributed by atoms with Gasteiger partial charge in [-0.1, -0.05) is 0 Å². The van der Waals surface area contributed by atoms with Gasteiger partial charge in [-0.3, -0.25) is 4.90 Å². The van der Waals surface area contributed by atoms with E-state index in [0.717, 1.165) is 12.4 Å². The van der Waals surface area contributed by atoms with E-state index in [1.807, 2.05) is 11.8 Å². The summed E-state index contributed by atoms with van der Waals surface area (Å²) in [5.74, 6) is 1.09. The molecule has 1 unspecified atom stereocenters. The molecule has 0 radical (unpaired) electrons. The second kappa shape index (κ2) is 2.72. The van der Waals surface area contributed by atoms with Crippen LogP contribution in [0.4, 0.5) is 0 Å². The molecule has 0 spiro atoms. The molecule has 2 N–H and O–H groups in total. The van der Waals surface area contributed by atoms with Crippen molar-refractivity contribution >= 4 is 11.8 Å². The Morgan fingerprint density at radius 1 is 1.50 bits per heavy atom. The van der Waals surface area contributed by atoms with Crippen LogP contribution in [-0.2, 0) is 0 Å². The minimum absolute atomic E-state index is 0.293. The lowest BCUT2D eigenvalue weighted by Gasteiger charge is -2.30. The molecule has 0 amide bonds. The van der Waals surface area contributed by atoms with Crippen LogP contribution in [0.25, 0.3) is 0 Å². The summed E-state index contributed by atoms with van der Waals surface area (Å²) >= 11 is 1.84. The van der Waals surface area contributed by atoms with E-state index in [1.54, 1.807) is 0 Å². The number of nitrogens with two attached hydrogens (primary N) is 1. The molecule has 1 fully saturated rings. The Hall–Kier alpha value is 0.270. The van der Waals surface area contributed by atoms with Crippen LogP contribution in [0.15, 0.2) is 0 Å². The minimum atomic E-state index is 0.293. The van der Waals surface area contributed by atoms with Gasteiger partial charge in [0, 0.05) is 18.0 Å². The van der Waals surface area contributed by atoms with Crippen LogP contribution >= 0.6 is 11.8 Å². The third kappa shape index (κ3) is 1.87. The Kier molecular flexibility index (Phi) is 2.28. The average molecular weight is 160 g/mol. The first-order chi connectivity index (χ1) is 4.50. The van der Waals surface area contributed by atoms with Gasteiger partial charge in [-0.25, -0.2) is 0 Å². The number of thioether (sulfide) groups is 1. The van der Waals surface area contributed by atoms with Crippen molar-refractivity contribution in [2.75, 3.05) is 12.4 Å². The van der Waals surface area contributed by atoms with Gasteiger partial charge in [-0.15, -0.1) is 11.8 Å². The standard InChI is InChI=1S/C7H16N2S/c1-7(2,3)9-4-6(8)10-5-9/h6H,4-5,8H2,1-3H3. The van der Waals surface area contributed by atoms with Crippen molar-refractivity contribution in [2.24, 2.45) is 5.73 Å². The molecule has 1 heterocycles. The smallest absolute Gasteiger partial charge is 0.0649 e. The molecule has 10 heavy (non-hydrogen) atoms. The van der Waals surface area contributed by atoms with Gasteiger partial charge >= 0.3 is 0 Å². The summed E-state index contributed by atoms with van der Waals surface area (Å²) in [5, 5.41) is 0.333. The normalized spacial score (nSPS) is 29.4. The average Bonchev–Trinajstić information content (AvgIpc) is 2.11. The second-order valence-electron chi connectivity index (χ2n) is 3.73. The summed E-state index contributed by atoms with van der Waals surface area (Å²) in [6.45, 7) is 7.72. The van der Waals surface area contributed by atoms with Crippen LogP contribution in [0.1, 0.15) is 20.8 Å². The van der Waals surface area contributed by atoms with Gasteiger partial charge in [-0.05, 0) is 20.8 Å². The van der Waals surface area contributed by atoms with Gasteiger partial charge in [0.1, 0.15) is 0 Å². The van der Waals surface area contributed by atoms with E-state index >= 15 is 0 Å². The van der Waals surface area contributed by atoms with Crippen molar-refractivity contribution in [2.45, 2.75) is 31.7 Å². The summed E-state index contributed by atoms with van der Waals surface area (Å²) in [5.41, 5.74) is 6.04. The highest BCUT2D eigenvalue weighted by molar-refractivity contribution is 8.00. The maximum Gasteiger partial charge on any atom is 0.0649 e. The van der Waals surface area contributed by atoms with Crippen LogP contribution < -0.4 is 5.73 Å². The van der Waals surface area contributed by atoms with Crippen LogP contribution in [0.2, 0.25) is 0 Å². The van der Waals surface area contributed by atoms with Gasteiger partial charge in [0.2, 0.25) is 0 Å². The Morgan fingerprint density at radius 2 is 2.10 bits per heavy atom. The quantitative estimate of drug-likeness (QED) is 0.575. The Morgan fingerprint density at radius 3 is 2.30 bits per heavy atom. The van der Waals surface area contributed by atoms with E-state index in [9.17, 15) is 0 Å². The lowest BCUT2D eigenvalue weighted by Crippen LogP contribution is -2.40. The predicted octanol–water partition coefficient (Wildman–Crippen LogP) is 1.08. The predicted molar refractivity (Wildman–Crippen MR) is 46.9 cm³/mol. The zero-order valence-corrected chi connectivity index (χ0v) is 7.74. The van der Waals surface area contributed by atoms with Gasteiger partial charge < -0.3 is 5.73 Å². The van der Waals surface area contributed by atoms with E-state index < -0.39 is 0 Å². The molecule has 2 nitrogen and oxygen atoms in total. The molecule has 0 aromatic carbocycles. The lowest BCUT2D eigenvalue weighted by molar-refractivity contribution is 0.179. The molecule has 1 aliphatic heterocycles. The molecule has 1 saturated heterocycles. The fourth-order valence-corrected chi connectivity index (χ4v) is 2.13. The number of hydrogen-bond acceptors (Lipinski definition) is 3. The van der Waals surface area contributed by atoms with Crippen molar-refractivity contribution in [1.29, 1.82) is 0 Å². The van der Waals surface area contributed by atoms with Gasteiger partial charge in [0.15, 0.2) is 0 Å². The molecule has 60 valence electrons. The zero-order chi connectivity index (χ0) is 7.78. The van der Waals surface area contributed by atoms with Crippen LogP contribution in [0.5, 0.6) is 0 Å². The molecule has 0 bridgehead atoms. The highest BCUT2D eigenvalue weighted by atomic mass is 32.2. The van der Waals surface area contributed by atoms with E-state index in [2.05, 4.69) is 25.7 Å². The van der Waals surface area contributed by atoms with Crippen molar-refractivity contribution in [3.8, 4) is 0 Å². The largest absolute Gasteiger partial charge is 0.318 e. The molecule has 1 rings (SSSR count). The van der Waals surface area contributed by atoms with Gasteiger partial charge in [0.05, 0.1) is 5.37 Å². The number of hydrogen-bond donors (Lipinski definition) is 1. The summed E-state index contributed by atoms with van der Waals surface area (Å²) in [7, 11) is 0. The van der Waals surface area contributed by atoms with E-state index in [4.69, 9.17) is 5.73 Å². The number of rotatable bonds is 0. The molecule has 1 aliphatic rings. The van der Waals surface area contributed by atoms with Crippen molar-refractivity contribution < 1.29 is 0 Å². The highest BCUT2D eigenvalue weighted by Crippen LogP contribution is 2.25. The Labute approximate surface area is 67.1 Å². The highest BCUT2D eigenvalue weighted by Gasteiger charge is 2.28. The SMILES string of the molecule is CC(C)(C)N1CSC(N)C1. The minimum Gasteiger partial charge on any atom is -0.318 e. The molecule has 0 saturated carbocycles. The van der Waals surface area contributed by atoms with Crippen LogP contribution in [-0.4, -0.2) is 28.2 Å². The Bertz CT molecular complexity index is 119. The third-order valence-electron chi connectivity index (χ3n) is 1.79.